The van der Waals surface area contributed by atoms with Gasteiger partial charge in [0.1, 0.15) is 5.60 Å². The Labute approximate surface area is 253 Å². The third-order valence-electron chi connectivity index (χ3n) is 7.81. The molecule has 2 fully saturated rings. The van der Waals surface area contributed by atoms with E-state index in [9.17, 15) is 14.4 Å². The van der Waals surface area contributed by atoms with Gasteiger partial charge in [0.05, 0.1) is 17.6 Å². The number of anilines is 3. The van der Waals surface area contributed by atoms with Crippen molar-refractivity contribution < 1.29 is 23.5 Å². The van der Waals surface area contributed by atoms with E-state index in [1.54, 1.807) is 29.2 Å². The molecule has 3 heterocycles. The number of rotatable bonds is 6. The van der Waals surface area contributed by atoms with Crippen molar-refractivity contribution in [2.24, 2.45) is 0 Å². The lowest BCUT2D eigenvalue weighted by Crippen LogP contribution is -2.48. The topological polar surface area (TPSA) is 107 Å². The van der Waals surface area contributed by atoms with Gasteiger partial charge in [-0.05, 0) is 82.5 Å². The minimum Gasteiger partial charge on any atom is -0.459 e. The number of furan rings is 1. The Bertz CT molecular complexity index is 1430. The number of piperazine rings is 1. The highest BCUT2D eigenvalue weighted by molar-refractivity contribution is 6.05. The summed E-state index contributed by atoms with van der Waals surface area (Å²) in [6, 6.07) is 17.0. The molecule has 1 aromatic heterocycles. The highest BCUT2D eigenvalue weighted by atomic mass is 16.6. The average molecular weight is 588 g/mol. The van der Waals surface area contributed by atoms with Crippen molar-refractivity contribution in [1.29, 1.82) is 0 Å². The number of nitrogens with zero attached hydrogens (tertiary/aromatic N) is 3. The SMILES string of the molecule is Cc1ccccc1N1CCN(c2ccc(C(=O)NC3CCN(C(=O)OC(C)(C)C)CC3)cc2NC(=O)c2ccco2)CC1. The first kappa shape index (κ1) is 30.0. The Hall–Kier alpha value is -4.47. The quantitative estimate of drug-likeness (QED) is 0.403. The molecule has 3 aromatic rings. The molecule has 5 rings (SSSR count). The van der Waals surface area contributed by atoms with E-state index in [1.807, 2.05) is 32.9 Å². The van der Waals surface area contributed by atoms with Crippen molar-refractivity contribution in [1.82, 2.24) is 10.2 Å². The van der Waals surface area contributed by atoms with Crippen LogP contribution >= 0.6 is 0 Å². The summed E-state index contributed by atoms with van der Waals surface area (Å²) in [4.78, 5) is 45.0. The third kappa shape index (κ3) is 7.49. The molecular weight excluding hydrogens is 546 g/mol. The average Bonchev–Trinajstić information content (AvgIpc) is 3.53. The van der Waals surface area contributed by atoms with Crippen LogP contribution in [0.2, 0.25) is 0 Å². The van der Waals surface area contributed by atoms with Gasteiger partial charge in [0.15, 0.2) is 5.76 Å². The maximum Gasteiger partial charge on any atom is 0.410 e. The number of carbonyl (C=O) groups is 3. The summed E-state index contributed by atoms with van der Waals surface area (Å²) < 4.78 is 10.8. The number of benzene rings is 2. The lowest BCUT2D eigenvalue weighted by Gasteiger charge is -2.38. The van der Waals surface area contributed by atoms with E-state index in [2.05, 4.69) is 45.6 Å². The summed E-state index contributed by atoms with van der Waals surface area (Å²) in [7, 11) is 0. The van der Waals surface area contributed by atoms with Crippen molar-refractivity contribution in [3.05, 3.63) is 77.7 Å². The monoisotopic (exact) mass is 587 g/mol. The Morgan fingerprint density at radius 3 is 2.14 bits per heavy atom. The predicted molar refractivity (Wildman–Crippen MR) is 167 cm³/mol. The van der Waals surface area contributed by atoms with Crippen LogP contribution in [-0.2, 0) is 4.74 Å². The number of hydrogen-bond acceptors (Lipinski definition) is 7. The second kappa shape index (κ2) is 12.8. The van der Waals surface area contributed by atoms with Crippen LogP contribution in [-0.4, -0.2) is 73.7 Å². The molecule has 2 N–H and O–H groups in total. The normalized spacial score (nSPS) is 16.1. The van der Waals surface area contributed by atoms with Crippen LogP contribution in [0.5, 0.6) is 0 Å². The summed E-state index contributed by atoms with van der Waals surface area (Å²) >= 11 is 0. The van der Waals surface area contributed by atoms with Crippen molar-refractivity contribution >= 4 is 35.0 Å². The second-order valence-corrected chi connectivity index (χ2v) is 12.1. The van der Waals surface area contributed by atoms with Gasteiger partial charge in [-0.1, -0.05) is 18.2 Å². The first-order valence-corrected chi connectivity index (χ1v) is 14.9. The lowest BCUT2D eigenvalue weighted by atomic mass is 10.0. The number of carbonyl (C=O) groups excluding carboxylic acids is 3. The van der Waals surface area contributed by atoms with E-state index in [0.29, 0.717) is 37.2 Å². The third-order valence-corrected chi connectivity index (χ3v) is 7.81. The highest BCUT2D eigenvalue weighted by Crippen LogP contribution is 2.31. The van der Waals surface area contributed by atoms with Crippen molar-refractivity contribution in [3.8, 4) is 0 Å². The summed E-state index contributed by atoms with van der Waals surface area (Å²) in [5.74, 6) is -0.404. The van der Waals surface area contributed by atoms with Crippen molar-refractivity contribution in [3.63, 3.8) is 0 Å². The molecule has 43 heavy (non-hydrogen) atoms. The number of likely N-dealkylation sites (tertiary alicyclic amines) is 1. The number of nitrogens with one attached hydrogen (secondary N) is 2. The molecule has 2 saturated heterocycles. The zero-order valence-electron chi connectivity index (χ0n) is 25.4. The number of hydrogen-bond donors (Lipinski definition) is 2. The van der Waals surface area contributed by atoms with E-state index in [-0.39, 0.29) is 29.7 Å². The first-order valence-electron chi connectivity index (χ1n) is 14.9. The molecule has 2 aliphatic heterocycles. The molecule has 0 aliphatic carbocycles. The highest BCUT2D eigenvalue weighted by Gasteiger charge is 2.28. The zero-order chi connectivity index (χ0) is 30.6. The van der Waals surface area contributed by atoms with Gasteiger partial charge in [0, 0.05) is 56.6 Å². The molecule has 0 radical (unpaired) electrons. The maximum absolute atomic E-state index is 13.3. The van der Waals surface area contributed by atoms with Crippen LogP contribution in [0.25, 0.3) is 0 Å². The van der Waals surface area contributed by atoms with Gasteiger partial charge < -0.3 is 34.5 Å². The standard InChI is InChI=1S/C33H41N5O5/c1-23-8-5-6-9-27(23)36-17-19-37(20-18-36)28-12-11-24(22-26(28)35-31(40)29-10-7-21-42-29)30(39)34-25-13-15-38(16-14-25)32(41)43-33(2,3)4/h5-12,21-22,25H,13-20H2,1-4H3,(H,34,39)(H,35,40). The Morgan fingerprint density at radius 2 is 1.51 bits per heavy atom. The van der Waals surface area contributed by atoms with Crippen LogP contribution in [0.1, 0.15) is 60.1 Å². The minimum atomic E-state index is -0.549. The first-order chi connectivity index (χ1) is 20.6. The summed E-state index contributed by atoms with van der Waals surface area (Å²) in [6.45, 7) is 11.9. The fourth-order valence-corrected chi connectivity index (χ4v) is 5.55. The van der Waals surface area contributed by atoms with E-state index < -0.39 is 5.60 Å². The molecular formula is C33H41N5O5. The Kier molecular flexibility index (Phi) is 8.94. The van der Waals surface area contributed by atoms with Gasteiger partial charge in [0.25, 0.3) is 11.8 Å². The number of amides is 3. The van der Waals surface area contributed by atoms with Gasteiger partial charge in [-0.15, -0.1) is 0 Å². The number of ether oxygens (including phenoxy) is 1. The summed E-state index contributed by atoms with van der Waals surface area (Å²) in [5, 5.41) is 6.08. The maximum atomic E-state index is 13.3. The zero-order valence-corrected chi connectivity index (χ0v) is 25.4. The van der Waals surface area contributed by atoms with Gasteiger partial charge in [-0.3, -0.25) is 9.59 Å². The summed E-state index contributed by atoms with van der Waals surface area (Å²) in [5.41, 5.74) is 3.79. The van der Waals surface area contributed by atoms with Crippen molar-refractivity contribution in [2.45, 2.75) is 52.2 Å². The molecule has 2 aliphatic rings. The molecule has 0 bridgehead atoms. The van der Waals surface area contributed by atoms with Crippen LogP contribution in [0, 0.1) is 6.92 Å². The van der Waals surface area contributed by atoms with E-state index >= 15 is 0 Å². The number of piperidine rings is 1. The van der Waals surface area contributed by atoms with E-state index in [1.165, 1.54) is 17.5 Å². The lowest BCUT2D eigenvalue weighted by molar-refractivity contribution is 0.0199. The Morgan fingerprint density at radius 1 is 0.837 bits per heavy atom. The molecule has 10 heteroatoms. The largest absolute Gasteiger partial charge is 0.459 e. The molecule has 0 spiro atoms. The van der Waals surface area contributed by atoms with Gasteiger partial charge in [0.2, 0.25) is 0 Å². The molecule has 228 valence electrons. The molecule has 0 saturated carbocycles. The number of para-hydroxylation sites is 1. The fourth-order valence-electron chi connectivity index (χ4n) is 5.55. The van der Waals surface area contributed by atoms with Crippen LogP contribution in [0.4, 0.5) is 21.9 Å². The summed E-state index contributed by atoms with van der Waals surface area (Å²) in [6.07, 6.45) is 2.40. The van der Waals surface area contributed by atoms with Gasteiger partial charge in [-0.25, -0.2) is 4.79 Å². The minimum absolute atomic E-state index is 0.0680. The predicted octanol–water partition coefficient (Wildman–Crippen LogP) is 5.30. The Balaban J connectivity index is 1.27. The van der Waals surface area contributed by atoms with Crippen LogP contribution in [0.3, 0.4) is 0 Å². The van der Waals surface area contributed by atoms with E-state index in [4.69, 9.17) is 9.15 Å². The molecule has 10 nitrogen and oxygen atoms in total. The molecule has 0 unspecified atom stereocenters. The molecule has 2 aromatic carbocycles. The van der Waals surface area contributed by atoms with Gasteiger partial charge >= 0.3 is 6.09 Å². The molecule has 0 atom stereocenters. The smallest absolute Gasteiger partial charge is 0.410 e. The van der Waals surface area contributed by atoms with Crippen LogP contribution < -0.4 is 20.4 Å². The second-order valence-electron chi connectivity index (χ2n) is 12.1. The van der Waals surface area contributed by atoms with Crippen molar-refractivity contribution in [2.75, 3.05) is 54.4 Å². The molecule has 3 amide bonds. The fraction of sp³-hybridized carbons (Fsp3) is 0.424. The number of aryl methyl sites for hydroxylation is 1. The van der Waals surface area contributed by atoms with Crippen LogP contribution in [0.15, 0.2) is 65.3 Å². The van der Waals surface area contributed by atoms with Gasteiger partial charge in [-0.2, -0.15) is 0 Å². The van der Waals surface area contributed by atoms with E-state index in [0.717, 1.165) is 31.9 Å².